The van der Waals surface area contributed by atoms with Crippen LogP contribution in [0.2, 0.25) is 25.7 Å². The smallest absolute Gasteiger partial charge is 0.422 e. The summed E-state index contributed by atoms with van der Waals surface area (Å²) in [6.45, 7) is 23.2. The number of rotatable bonds is 26. The summed E-state index contributed by atoms with van der Waals surface area (Å²) in [5.41, 5.74) is -1.14. The number of aliphatic hydroxyl groups excluding tert-OH is 2. The zero-order valence-corrected chi connectivity index (χ0v) is 58.0. The van der Waals surface area contributed by atoms with Gasteiger partial charge in [0.2, 0.25) is 11.8 Å². The molecule has 3 aromatic carbocycles. The second-order valence-corrected chi connectivity index (χ2v) is 34.3. The molecule has 28 heteroatoms. The van der Waals surface area contributed by atoms with Crippen molar-refractivity contribution in [3.05, 3.63) is 99.5 Å². The van der Waals surface area contributed by atoms with Crippen LogP contribution in [0.15, 0.2) is 71.7 Å². The van der Waals surface area contributed by atoms with Crippen LogP contribution in [0.25, 0.3) is 16.8 Å². The number of carbonyl (C=O) groups is 7. The van der Waals surface area contributed by atoms with Crippen LogP contribution < -0.4 is 39.8 Å². The molecule has 0 aliphatic carbocycles. The molecule has 93 heavy (non-hydrogen) atoms. The lowest BCUT2D eigenvalue weighted by molar-refractivity contribution is -0.146. The highest BCUT2D eigenvalue weighted by atomic mass is 32.2. The first-order valence-corrected chi connectivity index (χ1v) is 35.9. The molecule has 4 amide bonds. The highest BCUT2D eigenvalue weighted by Gasteiger charge is 2.39. The Morgan fingerprint density at radius 3 is 2.04 bits per heavy atom. The van der Waals surface area contributed by atoms with Crippen LogP contribution in [0.4, 0.5) is 9.59 Å². The number of alkyl carbamates (subject to hydrolysis) is 1. The highest BCUT2D eigenvalue weighted by molar-refractivity contribution is 7.88. The molecular formula is C65H93N7O19SSi. The lowest BCUT2D eigenvalue weighted by Crippen LogP contribution is -2.48. The zero-order chi connectivity index (χ0) is 69.6. The number of ketones is 2. The molecular weight excluding hydrogens is 1240 g/mol. The minimum Gasteiger partial charge on any atom is -0.490 e. The normalized spacial score (nSPS) is 16.7. The summed E-state index contributed by atoms with van der Waals surface area (Å²) in [4.78, 5) is 114. The number of nitrogens with zero attached hydrogens (tertiary/aromatic N) is 3. The maximum Gasteiger partial charge on any atom is 0.422 e. The summed E-state index contributed by atoms with van der Waals surface area (Å²) >= 11 is 0. The SMILES string of the molecule is CC[C@@H](O)COc1cc2cc(c1OCOCC[Si](C)(C)C)-c1cc(ccc1OC[C@H](O)CNC(=O)OC(C)(C)C)C[C@@H](C(=O)OC)NC(=O)[C@H](C)CC(=O)[C@H]2N(C)C(=O)[C@H](CNS(=O)(=O)NC(=O)OC(C)(C)C)CC(=O)c1cnn(-c2ccc(C(C)(C)C)cc2)c(=O)c1. The molecule has 1 aliphatic rings. The minimum absolute atomic E-state index is 0.0190. The number of methoxy groups -OCH3 is 1. The van der Waals surface area contributed by atoms with Crippen molar-refractivity contribution >= 4 is 59.8 Å². The Morgan fingerprint density at radius 1 is 0.806 bits per heavy atom. The van der Waals surface area contributed by atoms with E-state index in [2.05, 4.69) is 40.1 Å². The molecule has 0 unspecified atom stereocenters. The second kappa shape index (κ2) is 32.4. The standard InChI is InChI=1S/C65H93N7O19SSi/c1-17-46(73)36-88-54-31-41-29-49(57(54)89-38-86-24-25-93(14,15)16)48-27-40(18-23-53(48)87-37-47(74)35-66-61(81)90-64(6,7)8)28-50(60(80)85-13)69-58(78)39(2)26-52(76)56(41)71(12)59(79)43(34-68-92(83,84)70-62(82)91-65(9,10)11)30-51(75)42-32-55(77)72(67-33-42)45-21-19-44(20-22-45)63(3,4)5/h18-23,27,29,31-33,39,43,46-47,50,56,68,73-74H,17,24-26,28,30,34-38H2,1-16H3,(H,66,81)(H,69,78)(H,70,82)/t39-,43+,46-,47-,50+,56+/m1/s1. The monoisotopic (exact) mass is 1340 g/mol. The average molecular weight is 1340 g/mol. The van der Waals surface area contributed by atoms with E-state index in [4.69, 9.17) is 33.2 Å². The van der Waals surface area contributed by atoms with E-state index >= 15 is 9.59 Å². The Balaban J connectivity index is 1.77. The molecule has 0 radical (unpaired) electrons. The van der Waals surface area contributed by atoms with Gasteiger partial charge in [-0.05, 0) is 113 Å². The Hall–Kier alpha value is -7.76. The third-order valence-electron chi connectivity index (χ3n) is 14.5. The zero-order valence-electron chi connectivity index (χ0n) is 56.2. The van der Waals surface area contributed by atoms with Crippen LogP contribution in [0.3, 0.4) is 0 Å². The van der Waals surface area contributed by atoms with Gasteiger partial charge in [0, 0.05) is 76.2 Å². The van der Waals surface area contributed by atoms with E-state index in [0.29, 0.717) is 17.9 Å². The van der Waals surface area contributed by atoms with E-state index in [1.54, 1.807) is 56.7 Å². The van der Waals surface area contributed by atoms with Gasteiger partial charge >= 0.3 is 28.4 Å². The van der Waals surface area contributed by atoms with Crippen LogP contribution in [0.5, 0.6) is 17.2 Å². The summed E-state index contributed by atoms with van der Waals surface area (Å²) in [5.74, 6) is -7.35. The Kier molecular flexibility index (Phi) is 26.5. The van der Waals surface area contributed by atoms with Crippen LogP contribution in [-0.4, -0.2) is 166 Å². The fraction of sp³-hybridized carbons (Fsp3) is 0.554. The predicted octanol–water partition coefficient (Wildman–Crippen LogP) is 6.86. The van der Waals surface area contributed by atoms with Crippen molar-refractivity contribution in [2.45, 2.75) is 168 Å². The van der Waals surface area contributed by atoms with Crippen molar-refractivity contribution in [1.82, 2.24) is 34.8 Å². The van der Waals surface area contributed by atoms with Gasteiger partial charge in [0.05, 0.1) is 37.6 Å². The van der Waals surface area contributed by atoms with Crippen LogP contribution >= 0.6 is 0 Å². The summed E-state index contributed by atoms with van der Waals surface area (Å²) in [6, 6.07) is 13.3. The molecule has 0 spiro atoms. The van der Waals surface area contributed by atoms with Gasteiger partial charge in [0.1, 0.15) is 48.4 Å². The summed E-state index contributed by atoms with van der Waals surface area (Å²) < 4.78 is 73.1. The lowest BCUT2D eigenvalue weighted by atomic mass is 9.87. The van der Waals surface area contributed by atoms with Crippen molar-refractivity contribution in [1.29, 1.82) is 0 Å². The van der Waals surface area contributed by atoms with Gasteiger partial charge in [-0.1, -0.05) is 72.5 Å². The van der Waals surface area contributed by atoms with Gasteiger partial charge < -0.3 is 58.9 Å². The first-order valence-electron chi connectivity index (χ1n) is 30.7. The molecule has 26 nitrogen and oxygen atoms in total. The minimum atomic E-state index is -4.88. The number of Topliss-reactive ketones (excluding diaryl/α,β-unsaturated/α-hetero) is 2. The number of ether oxygens (including phenoxy) is 7. The number of aromatic nitrogens is 2. The molecule has 1 aliphatic heterocycles. The number of nitrogens with one attached hydrogen (secondary N) is 4. The summed E-state index contributed by atoms with van der Waals surface area (Å²) in [6.07, 6.45) is -4.84. The topological polar surface area (TPSA) is 345 Å². The van der Waals surface area contributed by atoms with Crippen molar-refractivity contribution in [2.24, 2.45) is 11.8 Å². The average Bonchev–Trinajstić information content (AvgIpc) is 0.790. The number of carbonyl (C=O) groups excluding carboxylic acids is 7. The van der Waals surface area contributed by atoms with Gasteiger partial charge in [-0.15, -0.1) is 0 Å². The quantitative estimate of drug-likeness (QED) is 0.00933. The number of hydrogen-bond donors (Lipinski definition) is 6. The van der Waals surface area contributed by atoms with E-state index in [0.717, 1.165) is 40.6 Å². The van der Waals surface area contributed by atoms with E-state index in [1.165, 1.54) is 52.9 Å². The number of likely N-dealkylation sites (N-methyl/N-ethyl adjacent to an activating group) is 1. The highest BCUT2D eigenvalue weighted by Crippen LogP contribution is 2.46. The molecule has 6 atom stereocenters. The number of amides is 4. The summed E-state index contributed by atoms with van der Waals surface area (Å²) in [7, 11) is -4.16. The van der Waals surface area contributed by atoms with Crippen LogP contribution in [0, 0.1) is 11.8 Å². The third-order valence-corrected chi connectivity index (χ3v) is 17.2. The third kappa shape index (κ3) is 23.6. The van der Waals surface area contributed by atoms with E-state index < -0.39 is 139 Å². The van der Waals surface area contributed by atoms with Gasteiger partial charge in [-0.25, -0.2) is 19.1 Å². The number of esters is 1. The second-order valence-electron chi connectivity index (χ2n) is 27.2. The van der Waals surface area contributed by atoms with Gasteiger partial charge in [-0.3, -0.25) is 24.0 Å². The number of aliphatic hydroxyl groups is 2. The Bertz CT molecular complexity index is 3480. The Morgan fingerprint density at radius 2 is 1.44 bits per heavy atom. The fourth-order valence-corrected chi connectivity index (χ4v) is 10.9. The molecule has 1 aromatic heterocycles. The molecule has 5 rings (SSSR count). The van der Waals surface area contributed by atoms with E-state index in [1.807, 2.05) is 32.9 Å². The lowest BCUT2D eigenvalue weighted by Gasteiger charge is -2.33. The number of hydrogen-bond acceptors (Lipinski definition) is 20. The Labute approximate surface area is 545 Å². The van der Waals surface area contributed by atoms with Gasteiger partial charge in [0.25, 0.3) is 5.56 Å². The van der Waals surface area contributed by atoms with Crippen molar-refractivity contribution < 1.29 is 85.4 Å². The van der Waals surface area contributed by atoms with Crippen molar-refractivity contribution in [3.63, 3.8) is 0 Å². The first kappa shape index (κ1) is 76.0. The molecule has 4 aromatic rings. The molecule has 0 saturated heterocycles. The van der Waals surface area contributed by atoms with Crippen LogP contribution in [0.1, 0.15) is 129 Å². The molecule has 0 saturated carbocycles. The van der Waals surface area contributed by atoms with Gasteiger partial charge in [0.15, 0.2) is 29.9 Å². The number of benzene rings is 3. The van der Waals surface area contributed by atoms with E-state index in [-0.39, 0.29) is 77.7 Å². The molecule has 2 heterocycles. The van der Waals surface area contributed by atoms with Crippen molar-refractivity contribution in [3.8, 4) is 34.1 Å². The maximum atomic E-state index is 15.6. The molecule has 6 N–H and O–H groups in total. The first-order chi connectivity index (χ1) is 43.2. The van der Waals surface area contributed by atoms with Crippen molar-refractivity contribution in [2.75, 3.05) is 53.9 Å². The fourth-order valence-electron chi connectivity index (χ4n) is 9.41. The summed E-state index contributed by atoms with van der Waals surface area (Å²) in [5, 5.41) is 31.7. The maximum absolute atomic E-state index is 15.6. The van der Waals surface area contributed by atoms with Gasteiger partial charge in [-0.2, -0.15) is 22.9 Å². The number of fused-ring (bicyclic) bond motifs is 5. The van der Waals surface area contributed by atoms with Crippen LogP contribution in [-0.2, 0) is 60.2 Å². The predicted molar refractivity (Wildman–Crippen MR) is 348 cm³/mol. The van der Waals surface area contributed by atoms with E-state index in [9.17, 15) is 47.4 Å². The largest absolute Gasteiger partial charge is 0.490 e. The molecule has 4 bridgehead atoms. The molecule has 512 valence electrons. The molecule has 0 fully saturated rings.